The molecule has 0 saturated carbocycles. The highest BCUT2D eigenvalue weighted by atomic mass is 35.5. The van der Waals surface area contributed by atoms with Gasteiger partial charge in [0.05, 0.1) is 11.4 Å². The Morgan fingerprint density at radius 1 is 1.40 bits per heavy atom. The lowest BCUT2D eigenvalue weighted by molar-refractivity contribution is 0.100. The van der Waals surface area contributed by atoms with Gasteiger partial charge < -0.3 is 5.73 Å². The summed E-state index contributed by atoms with van der Waals surface area (Å²) in [7, 11) is 0. The molecule has 4 heteroatoms. The zero-order chi connectivity index (χ0) is 10.1. The van der Waals surface area contributed by atoms with Crippen LogP contribution in [0.2, 0.25) is 0 Å². The molecule has 1 aromatic heterocycles. The predicted octanol–water partition coefficient (Wildman–Crippen LogP) is 2.77. The Bertz CT molecular complexity index is 492. The van der Waals surface area contributed by atoms with Gasteiger partial charge >= 0.3 is 0 Å². The van der Waals surface area contributed by atoms with Crippen molar-refractivity contribution in [2.24, 2.45) is 5.73 Å². The van der Waals surface area contributed by atoms with Crippen molar-refractivity contribution in [1.82, 2.24) is 0 Å². The van der Waals surface area contributed by atoms with Gasteiger partial charge in [-0.3, -0.25) is 4.79 Å². The Kier molecular flexibility index (Phi) is 3.85. The first-order valence-electron chi connectivity index (χ1n) is 4.45. The molecule has 15 heavy (non-hydrogen) atoms. The molecule has 2 aromatic rings. The topological polar surface area (TPSA) is 43.1 Å². The summed E-state index contributed by atoms with van der Waals surface area (Å²) in [5, 5.41) is 1.16. The zero-order valence-corrected chi connectivity index (χ0v) is 9.95. The fourth-order valence-corrected chi connectivity index (χ4v) is 2.69. The fraction of sp³-hybridized carbons (Fsp3) is 0.182. The molecule has 0 spiro atoms. The van der Waals surface area contributed by atoms with E-state index in [0.29, 0.717) is 0 Å². The number of halogens is 1. The third-order valence-electron chi connectivity index (χ3n) is 2.28. The zero-order valence-electron chi connectivity index (χ0n) is 8.32. The molecule has 2 rings (SSSR count). The summed E-state index contributed by atoms with van der Waals surface area (Å²) in [6.45, 7) is 2.06. The number of hydrogen-bond donors (Lipinski definition) is 1. The summed E-state index contributed by atoms with van der Waals surface area (Å²) in [5.41, 5.74) is 6.41. The lowest BCUT2D eigenvalue weighted by Gasteiger charge is -1.94. The van der Waals surface area contributed by atoms with E-state index in [1.165, 1.54) is 11.3 Å². The van der Waals surface area contributed by atoms with Gasteiger partial charge in [0.2, 0.25) is 0 Å². The molecule has 0 atom stereocenters. The Balaban J connectivity index is 0.00000112. The minimum absolute atomic E-state index is 0. The van der Waals surface area contributed by atoms with E-state index in [1.54, 1.807) is 0 Å². The van der Waals surface area contributed by atoms with Crippen LogP contribution in [0.1, 0.15) is 15.2 Å². The van der Waals surface area contributed by atoms with Crippen molar-refractivity contribution < 1.29 is 4.79 Å². The van der Waals surface area contributed by atoms with E-state index in [1.807, 2.05) is 31.2 Å². The van der Waals surface area contributed by atoms with Crippen molar-refractivity contribution in [2.75, 3.05) is 6.54 Å². The van der Waals surface area contributed by atoms with E-state index in [4.69, 9.17) is 5.73 Å². The first-order chi connectivity index (χ1) is 6.74. The molecule has 0 unspecified atom stereocenters. The molecule has 0 aliphatic carbocycles. The minimum atomic E-state index is 0. The number of ketones is 1. The number of rotatable bonds is 2. The second-order valence-electron chi connectivity index (χ2n) is 3.18. The molecule has 0 amide bonds. The van der Waals surface area contributed by atoms with Crippen molar-refractivity contribution in [3.8, 4) is 0 Å². The third kappa shape index (κ3) is 2.04. The lowest BCUT2D eigenvalue weighted by atomic mass is 10.1. The van der Waals surface area contributed by atoms with Gasteiger partial charge in [-0.25, -0.2) is 0 Å². The maximum Gasteiger partial charge on any atom is 0.186 e. The molecule has 2 nitrogen and oxygen atoms in total. The average Bonchev–Trinajstić information content (AvgIpc) is 2.56. The monoisotopic (exact) mass is 241 g/mol. The number of hydrogen-bond acceptors (Lipinski definition) is 3. The first kappa shape index (κ1) is 12.2. The standard InChI is InChI=1S/C11H11NOS.ClH/c1-7-8-4-2-3-5-10(8)14-11(7)9(13)6-12;/h2-5H,6,12H2,1H3;1H. The van der Waals surface area contributed by atoms with Crippen LogP contribution < -0.4 is 5.73 Å². The SMILES string of the molecule is Cc1c(C(=O)CN)sc2ccccc12.Cl. The van der Waals surface area contributed by atoms with Crippen molar-refractivity contribution in [1.29, 1.82) is 0 Å². The molecule has 0 saturated heterocycles. The fourth-order valence-electron chi connectivity index (χ4n) is 1.53. The van der Waals surface area contributed by atoms with E-state index >= 15 is 0 Å². The Morgan fingerprint density at radius 3 is 2.67 bits per heavy atom. The van der Waals surface area contributed by atoms with Gasteiger partial charge in [0.15, 0.2) is 5.78 Å². The van der Waals surface area contributed by atoms with Gasteiger partial charge in [0.25, 0.3) is 0 Å². The summed E-state index contributed by atoms with van der Waals surface area (Å²) in [6.07, 6.45) is 0. The van der Waals surface area contributed by atoms with E-state index in [9.17, 15) is 4.79 Å². The molecule has 0 bridgehead atoms. The highest BCUT2D eigenvalue weighted by molar-refractivity contribution is 7.21. The molecule has 0 aliphatic heterocycles. The maximum atomic E-state index is 11.5. The minimum Gasteiger partial charge on any atom is -0.324 e. The number of thiophene rings is 1. The van der Waals surface area contributed by atoms with Gasteiger partial charge in [0, 0.05) is 4.70 Å². The molecule has 80 valence electrons. The van der Waals surface area contributed by atoms with Crippen molar-refractivity contribution >= 4 is 39.6 Å². The Morgan fingerprint density at radius 2 is 2.07 bits per heavy atom. The van der Waals surface area contributed by atoms with Crippen LogP contribution in [0.3, 0.4) is 0 Å². The lowest BCUT2D eigenvalue weighted by Crippen LogP contribution is -2.12. The van der Waals surface area contributed by atoms with Gasteiger partial charge in [-0.2, -0.15) is 0 Å². The number of benzene rings is 1. The maximum absolute atomic E-state index is 11.5. The molecule has 0 radical (unpaired) electrons. The van der Waals surface area contributed by atoms with Crippen molar-refractivity contribution in [2.45, 2.75) is 6.92 Å². The van der Waals surface area contributed by atoms with Gasteiger partial charge in [0.1, 0.15) is 0 Å². The Labute approximate surface area is 98.5 Å². The van der Waals surface area contributed by atoms with Gasteiger partial charge in [-0.1, -0.05) is 18.2 Å². The molecular weight excluding hydrogens is 230 g/mol. The van der Waals surface area contributed by atoms with Crippen LogP contribution >= 0.6 is 23.7 Å². The van der Waals surface area contributed by atoms with Crippen LogP contribution in [0, 0.1) is 6.92 Å². The van der Waals surface area contributed by atoms with Crippen LogP contribution in [0.4, 0.5) is 0 Å². The summed E-state index contributed by atoms with van der Waals surface area (Å²) < 4.78 is 1.15. The largest absolute Gasteiger partial charge is 0.324 e. The molecular formula is C11H12ClNOS. The predicted molar refractivity (Wildman–Crippen MR) is 67.2 cm³/mol. The van der Waals surface area contributed by atoms with Crippen molar-refractivity contribution in [3.63, 3.8) is 0 Å². The smallest absolute Gasteiger partial charge is 0.186 e. The van der Waals surface area contributed by atoms with Crippen molar-refractivity contribution in [3.05, 3.63) is 34.7 Å². The molecule has 0 fully saturated rings. The third-order valence-corrected chi connectivity index (χ3v) is 3.60. The number of carbonyl (C=O) groups excluding carboxylic acids is 1. The Hall–Kier alpha value is -0.900. The van der Waals surface area contributed by atoms with E-state index in [-0.39, 0.29) is 24.7 Å². The summed E-state index contributed by atoms with van der Waals surface area (Å²) in [4.78, 5) is 12.3. The second kappa shape index (κ2) is 4.75. The molecule has 1 aromatic carbocycles. The first-order valence-corrected chi connectivity index (χ1v) is 5.27. The normalized spacial score (nSPS) is 10.0. The van der Waals surface area contributed by atoms with Crippen LogP contribution in [-0.2, 0) is 0 Å². The van der Waals surface area contributed by atoms with E-state index in [0.717, 1.165) is 20.5 Å². The second-order valence-corrected chi connectivity index (χ2v) is 4.23. The van der Waals surface area contributed by atoms with Crippen LogP contribution in [0.5, 0.6) is 0 Å². The number of Topliss-reactive ketones (excluding diaryl/α,β-unsaturated/α-hetero) is 1. The highest BCUT2D eigenvalue weighted by Gasteiger charge is 2.12. The summed E-state index contributed by atoms with van der Waals surface area (Å²) >= 11 is 1.53. The molecule has 0 aliphatic rings. The van der Waals surface area contributed by atoms with Gasteiger partial charge in [-0.05, 0) is 23.9 Å². The number of aryl methyl sites for hydroxylation is 1. The highest BCUT2D eigenvalue weighted by Crippen LogP contribution is 2.30. The quantitative estimate of drug-likeness (QED) is 0.822. The summed E-state index contributed by atoms with van der Waals surface area (Å²) in [5.74, 6) is 0.0312. The van der Waals surface area contributed by atoms with Crippen LogP contribution in [-0.4, -0.2) is 12.3 Å². The number of nitrogens with two attached hydrogens (primary N) is 1. The van der Waals surface area contributed by atoms with Crippen LogP contribution in [0.15, 0.2) is 24.3 Å². The molecule has 2 N–H and O–H groups in total. The number of carbonyl (C=O) groups is 1. The average molecular weight is 242 g/mol. The van der Waals surface area contributed by atoms with E-state index in [2.05, 4.69) is 0 Å². The number of fused-ring (bicyclic) bond motifs is 1. The summed E-state index contributed by atoms with van der Waals surface area (Å²) in [6, 6.07) is 8.03. The van der Waals surface area contributed by atoms with E-state index < -0.39 is 0 Å². The van der Waals surface area contributed by atoms with Gasteiger partial charge in [-0.15, -0.1) is 23.7 Å². The van der Waals surface area contributed by atoms with Crippen LogP contribution in [0.25, 0.3) is 10.1 Å². The molecule has 1 heterocycles.